The normalized spacial score (nSPS) is 23.4. The van der Waals surface area contributed by atoms with Crippen molar-refractivity contribution < 1.29 is 14.3 Å². The summed E-state index contributed by atoms with van der Waals surface area (Å²) in [5.41, 5.74) is 0. The van der Waals surface area contributed by atoms with Crippen LogP contribution in [0, 0.1) is 5.92 Å². The summed E-state index contributed by atoms with van der Waals surface area (Å²) in [6.45, 7) is 7.72. The van der Waals surface area contributed by atoms with Crippen molar-refractivity contribution >= 4 is 12.0 Å². The number of carbonyl (C=O) groups excluding carboxylic acids is 2. The Labute approximate surface area is 163 Å². The molecule has 0 atom stereocenters. The number of amides is 2. The van der Waals surface area contributed by atoms with E-state index < -0.39 is 0 Å². The van der Waals surface area contributed by atoms with Gasteiger partial charge in [0.1, 0.15) is 0 Å². The van der Waals surface area contributed by atoms with Gasteiger partial charge in [-0.15, -0.1) is 0 Å². The van der Waals surface area contributed by atoms with Crippen molar-refractivity contribution in [3.8, 4) is 0 Å². The summed E-state index contributed by atoms with van der Waals surface area (Å²) < 4.78 is 4.70. The van der Waals surface area contributed by atoms with Crippen LogP contribution < -0.4 is 5.32 Å². The fourth-order valence-electron chi connectivity index (χ4n) is 4.70. The van der Waals surface area contributed by atoms with Crippen molar-refractivity contribution in [3.05, 3.63) is 0 Å². The highest BCUT2D eigenvalue weighted by molar-refractivity contribution is 5.74. The summed E-state index contributed by atoms with van der Waals surface area (Å²) in [7, 11) is 1.44. The van der Waals surface area contributed by atoms with E-state index in [1.807, 2.05) is 4.90 Å². The van der Waals surface area contributed by atoms with E-state index in [1.165, 1.54) is 20.0 Å². The van der Waals surface area contributed by atoms with E-state index in [4.69, 9.17) is 4.74 Å². The Kier molecular flexibility index (Phi) is 7.76. The molecule has 3 aliphatic rings. The standard InChI is InChI=1S/C20H36N4O3/c1-27-19(25)4-2-3-17-7-11-23(12-8-17)20(26)24-15-13-22(14-16-24)18-5-9-21-10-6-18/h17-18,21H,2-16H2,1H3. The first-order valence-corrected chi connectivity index (χ1v) is 10.7. The van der Waals surface area contributed by atoms with Gasteiger partial charge in [-0.25, -0.2) is 4.79 Å². The zero-order chi connectivity index (χ0) is 19.1. The highest BCUT2D eigenvalue weighted by atomic mass is 16.5. The molecule has 7 nitrogen and oxygen atoms in total. The average molecular weight is 381 g/mol. The molecule has 0 radical (unpaired) electrons. The molecule has 3 fully saturated rings. The molecule has 0 aromatic carbocycles. The lowest BCUT2D eigenvalue weighted by atomic mass is 9.91. The molecule has 0 bridgehead atoms. The van der Waals surface area contributed by atoms with Gasteiger partial charge in [-0.2, -0.15) is 0 Å². The number of piperidine rings is 2. The number of methoxy groups -OCH3 is 1. The SMILES string of the molecule is COC(=O)CCCC1CCN(C(=O)N2CCN(C3CCNCC3)CC2)CC1. The third-order valence-corrected chi connectivity index (χ3v) is 6.52. The van der Waals surface area contributed by atoms with Crippen LogP contribution in [0.4, 0.5) is 4.79 Å². The van der Waals surface area contributed by atoms with Crippen molar-refractivity contribution in [2.24, 2.45) is 5.92 Å². The third kappa shape index (κ3) is 5.82. The molecule has 3 heterocycles. The summed E-state index contributed by atoms with van der Waals surface area (Å²) >= 11 is 0. The number of urea groups is 1. The first kappa shape index (κ1) is 20.4. The third-order valence-electron chi connectivity index (χ3n) is 6.52. The summed E-state index contributed by atoms with van der Waals surface area (Å²) in [5, 5.41) is 3.43. The van der Waals surface area contributed by atoms with Gasteiger partial charge in [0, 0.05) is 51.7 Å². The van der Waals surface area contributed by atoms with Crippen molar-refractivity contribution in [2.75, 3.05) is 59.5 Å². The lowest BCUT2D eigenvalue weighted by Gasteiger charge is -2.43. The van der Waals surface area contributed by atoms with Gasteiger partial charge in [0.2, 0.25) is 0 Å². The van der Waals surface area contributed by atoms with Gasteiger partial charge < -0.3 is 19.9 Å². The largest absolute Gasteiger partial charge is 0.469 e. The van der Waals surface area contributed by atoms with Crippen LogP contribution in [-0.2, 0) is 9.53 Å². The lowest BCUT2D eigenvalue weighted by Crippen LogP contribution is -2.56. The maximum atomic E-state index is 12.8. The van der Waals surface area contributed by atoms with Crippen LogP contribution in [0.5, 0.6) is 0 Å². The van der Waals surface area contributed by atoms with Crippen molar-refractivity contribution in [2.45, 2.75) is 51.0 Å². The minimum absolute atomic E-state index is 0.119. The number of likely N-dealkylation sites (tertiary alicyclic amines) is 1. The number of nitrogens with zero attached hydrogens (tertiary/aromatic N) is 3. The Morgan fingerprint density at radius 3 is 2.19 bits per heavy atom. The quantitative estimate of drug-likeness (QED) is 0.733. The molecule has 0 unspecified atom stereocenters. The first-order chi connectivity index (χ1) is 13.2. The molecular weight excluding hydrogens is 344 g/mol. The Balaban J connectivity index is 1.34. The molecule has 0 aromatic heterocycles. The number of ether oxygens (including phenoxy) is 1. The van der Waals surface area contributed by atoms with Gasteiger partial charge >= 0.3 is 12.0 Å². The number of rotatable bonds is 5. The van der Waals surface area contributed by atoms with E-state index >= 15 is 0 Å². The Bertz CT molecular complexity index is 480. The number of esters is 1. The minimum Gasteiger partial charge on any atom is -0.469 e. The maximum absolute atomic E-state index is 12.8. The predicted octanol–water partition coefficient (Wildman–Crippen LogP) is 1.53. The lowest BCUT2D eigenvalue weighted by molar-refractivity contribution is -0.140. The van der Waals surface area contributed by atoms with E-state index in [2.05, 4.69) is 15.1 Å². The van der Waals surface area contributed by atoms with Crippen molar-refractivity contribution in [1.82, 2.24) is 20.0 Å². The molecule has 0 spiro atoms. The number of nitrogens with one attached hydrogen (secondary N) is 1. The zero-order valence-corrected chi connectivity index (χ0v) is 16.8. The first-order valence-electron chi connectivity index (χ1n) is 10.7. The zero-order valence-electron chi connectivity index (χ0n) is 16.8. The average Bonchev–Trinajstić information content (AvgIpc) is 2.74. The number of hydrogen-bond donors (Lipinski definition) is 1. The Morgan fingerprint density at radius 2 is 1.56 bits per heavy atom. The van der Waals surface area contributed by atoms with E-state index in [1.54, 1.807) is 0 Å². The van der Waals surface area contributed by atoms with Crippen molar-refractivity contribution in [3.63, 3.8) is 0 Å². The molecule has 0 aromatic rings. The monoisotopic (exact) mass is 380 g/mol. The van der Waals surface area contributed by atoms with Gasteiger partial charge in [0.15, 0.2) is 0 Å². The highest BCUT2D eigenvalue weighted by Crippen LogP contribution is 2.24. The predicted molar refractivity (Wildman–Crippen MR) is 105 cm³/mol. The number of carbonyl (C=O) groups is 2. The molecule has 2 amide bonds. The summed E-state index contributed by atoms with van der Waals surface area (Å²) in [4.78, 5) is 30.7. The number of hydrogen-bond acceptors (Lipinski definition) is 5. The van der Waals surface area contributed by atoms with Crippen LogP contribution >= 0.6 is 0 Å². The minimum atomic E-state index is -0.119. The molecule has 3 saturated heterocycles. The van der Waals surface area contributed by atoms with Gasteiger partial charge in [0.25, 0.3) is 0 Å². The second kappa shape index (κ2) is 10.3. The van der Waals surface area contributed by atoms with Crippen LogP contribution in [0.15, 0.2) is 0 Å². The fraction of sp³-hybridized carbons (Fsp3) is 0.900. The van der Waals surface area contributed by atoms with Gasteiger partial charge in [-0.3, -0.25) is 9.69 Å². The second-order valence-corrected chi connectivity index (χ2v) is 8.19. The smallest absolute Gasteiger partial charge is 0.320 e. The molecule has 0 aliphatic carbocycles. The summed E-state index contributed by atoms with van der Waals surface area (Å²) in [6.07, 6.45) is 7.05. The van der Waals surface area contributed by atoms with E-state index in [0.717, 1.165) is 78.0 Å². The highest BCUT2D eigenvalue weighted by Gasteiger charge is 2.30. The second-order valence-electron chi connectivity index (χ2n) is 8.19. The van der Waals surface area contributed by atoms with E-state index in [9.17, 15) is 9.59 Å². The van der Waals surface area contributed by atoms with Gasteiger partial charge in [-0.05, 0) is 57.5 Å². The molecule has 7 heteroatoms. The molecule has 27 heavy (non-hydrogen) atoms. The fourth-order valence-corrected chi connectivity index (χ4v) is 4.70. The topological polar surface area (TPSA) is 65.1 Å². The summed E-state index contributed by atoms with van der Waals surface area (Å²) in [6, 6.07) is 0.928. The van der Waals surface area contributed by atoms with Crippen LogP contribution in [-0.4, -0.2) is 92.2 Å². The van der Waals surface area contributed by atoms with Crippen molar-refractivity contribution in [1.29, 1.82) is 0 Å². The van der Waals surface area contributed by atoms with Gasteiger partial charge in [0.05, 0.1) is 7.11 Å². The van der Waals surface area contributed by atoms with E-state index in [-0.39, 0.29) is 12.0 Å². The van der Waals surface area contributed by atoms with Gasteiger partial charge in [-0.1, -0.05) is 0 Å². The van der Waals surface area contributed by atoms with E-state index in [0.29, 0.717) is 18.4 Å². The molecule has 3 aliphatic heterocycles. The molecule has 1 N–H and O–H groups in total. The van der Waals surface area contributed by atoms with Crippen LogP contribution in [0.25, 0.3) is 0 Å². The summed E-state index contributed by atoms with van der Waals surface area (Å²) in [5.74, 6) is 0.515. The molecule has 0 saturated carbocycles. The molecule has 154 valence electrons. The Morgan fingerprint density at radius 1 is 0.926 bits per heavy atom. The maximum Gasteiger partial charge on any atom is 0.320 e. The molecular formula is C20H36N4O3. The van der Waals surface area contributed by atoms with Crippen LogP contribution in [0.1, 0.15) is 44.9 Å². The number of piperazine rings is 1. The molecule has 3 rings (SSSR count). The van der Waals surface area contributed by atoms with Crippen LogP contribution in [0.3, 0.4) is 0 Å². The van der Waals surface area contributed by atoms with Crippen LogP contribution in [0.2, 0.25) is 0 Å². The Hall–Kier alpha value is -1.34.